The van der Waals surface area contributed by atoms with Gasteiger partial charge in [-0.1, -0.05) is 12.2 Å². The van der Waals surface area contributed by atoms with Crippen molar-refractivity contribution in [3.05, 3.63) is 12.2 Å². The highest BCUT2D eigenvalue weighted by Crippen LogP contribution is 2.31. The van der Waals surface area contributed by atoms with Crippen LogP contribution in [0.25, 0.3) is 0 Å². The van der Waals surface area contributed by atoms with Crippen molar-refractivity contribution in [2.45, 2.75) is 44.3 Å². The van der Waals surface area contributed by atoms with Crippen LogP contribution in [0.5, 0.6) is 0 Å². The zero-order chi connectivity index (χ0) is 9.10. The van der Waals surface area contributed by atoms with Gasteiger partial charge in [-0.2, -0.15) is 0 Å². The molecular formula is C11H19NO. The molecule has 74 valence electrons. The van der Waals surface area contributed by atoms with Crippen LogP contribution in [-0.2, 0) is 4.74 Å². The smallest absolute Gasteiger partial charge is 0.0759 e. The van der Waals surface area contributed by atoms with E-state index in [-0.39, 0.29) is 0 Å². The predicted octanol–water partition coefficient (Wildman–Crippen LogP) is 1.85. The first-order valence-corrected chi connectivity index (χ1v) is 5.40. The molecule has 1 unspecified atom stereocenters. The zero-order valence-corrected chi connectivity index (χ0v) is 8.11. The predicted molar refractivity (Wildman–Crippen MR) is 53.4 cm³/mol. The minimum atomic E-state index is 0.400. The second-order valence-electron chi connectivity index (χ2n) is 4.23. The lowest BCUT2D eigenvalue weighted by molar-refractivity contribution is -0.0598. The van der Waals surface area contributed by atoms with Crippen molar-refractivity contribution in [3.8, 4) is 0 Å². The first-order chi connectivity index (χ1) is 6.38. The SMILES string of the molecule is NCC1CC(OC2C=CCCC2)C1. The number of ether oxygens (including phenoxy) is 1. The molecule has 0 heterocycles. The van der Waals surface area contributed by atoms with Gasteiger partial charge in [-0.25, -0.2) is 0 Å². The van der Waals surface area contributed by atoms with Gasteiger partial charge < -0.3 is 10.5 Å². The molecular weight excluding hydrogens is 162 g/mol. The van der Waals surface area contributed by atoms with Crippen molar-refractivity contribution in [3.63, 3.8) is 0 Å². The standard InChI is InChI=1S/C11H19NO/c12-8-9-6-11(7-9)13-10-4-2-1-3-5-10/h2,4,9-11H,1,3,5-8,12H2. The highest BCUT2D eigenvalue weighted by molar-refractivity contribution is 4.95. The van der Waals surface area contributed by atoms with Crippen LogP contribution in [0.15, 0.2) is 12.2 Å². The van der Waals surface area contributed by atoms with Crippen LogP contribution in [0.3, 0.4) is 0 Å². The molecule has 2 heteroatoms. The van der Waals surface area contributed by atoms with Gasteiger partial charge in [-0.05, 0) is 44.6 Å². The summed E-state index contributed by atoms with van der Waals surface area (Å²) in [5.41, 5.74) is 5.56. The van der Waals surface area contributed by atoms with E-state index in [2.05, 4.69) is 12.2 Å². The summed E-state index contributed by atoms with van der Waals surface area (Å²) in [6.45, 7) is 0.834. The summed E-state index contributed by atoms with van der Waals surface area (Å²) in [6.07, 6.45) is 11.5. The van der Waals surface area contributed by atoms with Gasteiger partial charge in [-0.3, -0.25) is 0 Å². The van der Waals surface area contributed by atoms with Crippen LogP contribution in [0.1, 0.15) is 32.1 Å². The van der Waals surface area contributed by atoms with E-state index in [1.54, 1.807) is 0 Å². The Morgan fingerprint density at radius 3 is 2.85 bits per heavy atom. The molecule has 0 aliphatic heterocycles. The molecule has 1 saturated carbocycles. The Balaban J connectivity index is 1.68. The third kappa shape index (κ3) is 2.32. The third-order valence-corrected chi connectivity index (χ3v) is 3.10. The number of nitrogens with two attached hydrogens (primary N) is 1. The van der Waals surface area contributed by atoms with Crippen LogP contribution >= 0.6 is 0 Å². The van der Waals surface area contributed by atoms with Crippen LogP contribution in [0.4, 0.5) is 0 Å². The van der Waals surface area contributed by atoms with Crippen molar-refractivity contribution in [1.29, 1.82) is 0 Å². The molecule has 0 radical (unpaired) electrons. The first-order valence-electron chi connectivity index (χ1n) is 5.40. The maximum atomic E-state index is 5.92. The molecule has 0 amide bonds. The number of allylic oxidation sites excluding steroid dienone is 1. The summed E-state index contributed by atoms with van der Waals surface area (Å²) in [6, 6.07) is 0. The Kier molecular flexibility index (Phi) is 3.01. The van der Waals surface area contributed by atoms with Gasteiger partial charge in [0.1, 0.15) is 0 Å². The Morgan fingerprint density at radius 2 is 2.23 bits per heavy atom. The lowest BCUT2D eigenvalue weighted by atomic mass is 9.82. The average molecular weight is 181 g/mol. The van der Waals surface area contributed by atoms with Gasteiger partial charge in [-0.15, -0.1) is 0 Å². The summed E-state index contributed by atoms with van der Waals surface area (Å²) >= 11 is 0. The molecule has 0 aromatic rings. The summed E-state index contributed by atoms with van der Waals surface area (Å²) in [5, 5.41) is 0. The molecule has 2 nitrogen and oxygen atoms in total. The Labute approximate surface area is 80.1 Å². The maximum Gasteiger partial charge on any atom is 0.0759 e. The van der Waals surface area contributed by atoms with Gasteiger partial charge in [0.05, 0.1) is 12.2 Å². The quantitative estimate of drug-likeness (QED) is 0.674. The van der Waals surface area contributed by atoms with Crippen LogP contribution in [0.2, 0.25) is 0 Å². The van der Waals surface area contributed by atoms with Crippen LogP contribution < -0.4 is 5.73 Å². The fraction of sp³-hybridized carbons (Fsp3) is 0.818. The molecule has 2 aliphatic rings. The fourth-order valence-electron chi connectivity index (χ4n) is 2.12. The molecule has 0 aromatic carbocycles. The Bertz CT molecular complexity index is 185. The minimum Gasteiger partial charge on any atom is -0.371 e. The van der Waals surface area contributed by atoms with Crippen LogP contribution in [0, 0.1) is 5.92 Å². The van der Waals surface area contributed by atoms with E-state index in [9.17, 15) is 0 Å². The molecule has 13 heavy (non-hydrogen) atoms. The van der Waals surface area contributed by atoms with E-state index < -0.39 is 0 Å². The maximum absolute atomic E-state index is 5.92. The lowest BCUT2D eigenvalue weighted by Gasteiger charge is -2.36. The second-order valence-corrected chi connectivity index (χ2v) is 4.23. The van der Waals surface area contributed by atoms with Crippen molar-refractivity contribution >= 4 is 0 Å². The molecule has 2 rings (SSSR count). The van der Waals surface area contributed by atoms with Crippen molar-refractivity contribution in [2.75, 3.05) is 6.54 Å². The van der Waals surface area contributed by atoms with E-state index in [0.717, 1.165) is 12.5 Å². The van der Waals surface area contributed by atoms with Gasteiger partial charge >= 0.3 is 0 Å². The van der Waals surface area contributed by atoms with Gasteiger partial charge in [0.25, 0.3) is 0 Å². The summed E-state index contributed by atoms with van der Waals surface area (Å²) < 4.78 is 5.92. The average Bonchev–Trinajstić information content (AvgIpc) is 2.12. The minimum absolute atomic E-state index is 0.400. The van der Waals surface area contributed by atoms with Crippen molar-refractivity contribution < 1.29 is 4.74 Å². The van der Waals surface area contributed by atoms with E-state index in [1.165, 1.54) is 32.1 Å². The van der Waals surface area contributed by atoms with Crippen molar-refractivity contribution in [1.82, 2.24) is 0 Å². The fourth-order valence-corrected chi connectivity index (χ4v) is 2.12. The van der Waals surface area contributed by atoms with E-state index in [4.69, 9.17) is 10.5 Å². The monoisotopic (exact) mass is 181 g/mol. The molecule has 1 atom stereocenters. The largest absolute Gasteiger partial charge is 0.371 e. The summed E-state index contributed by atoms with van der Waals surface area (Å²) in [4.78, 5) is 0. The van der Waals surface area contributed by atoms with E-state index in [0.29, 0.717) is 12.2 Å². The molecule has 0 bridgehead atoms. The van der Waals surface area contributed by atoms with Gasteiger partial charge in [0.15, 0.2) is 0 Å². The summed E-state index contributed by atoms with van der Waals surface area (Å²) in [7, 11) is 0. The second kappa shape index (κ2) is 4.25. The number of hydrogen-bond donors (Lipinski definition) is 1. The Morgan fingerprint density at radius 1 is 1.38 bits per heavy atom. The molecule has 0 saturated heterocycles. The molecule has 1 fully saturated rings. The lowest BCUT2D eigenvalue weighted by Crippen LogP contribution is -2.38. The summed E-state index contributed by atoms with van der Waals surface area (Å²) in [5.74, 6) is 0.734. The van der Waals surface area contributed by atoms with E-state index in [1.807, 2.05) is 0 Å². The molecule has 2 N–H and O–H groups in total. The highest BCUT2D eigenvalue weighted by Gasteiger charge is 2.30. The molecule has 2 aliphatic carbocycles. The topological polar surface area (TPSA) is 35.2 Å². The molecule has 0 aromatic heterocycles. The third-order valence-electron chi connectivity index (χ3n) is 3.10. The number of rotatable bonds is 3. The highest BCUT2D eigenvalue weighted by atomic mass is 16.5. The van der Waals surface area contributed by atoms with E-state index >= 15 is 0 Å². The zero-order valence-electron chi connectivity index (χ0n) is 8.11. The Hall–Kier alpha value is -0.340. The van der Waals surface area contributed by atoms with Crippen LogP contribution in [-0.4, -0.2) is 18.8 Å². The van der Waals surface area contributed by atoms with Gasteiger partial charge in [0, 0.05) is 0 Å². The molecule has 0 spiro atoms. The first kappa shape index (κ1) is 9.22. The normalized spacial score (nSPS) is 38.7. The van der Waals surface area contributed by atoms with Crippen molar-refractivity contribution in [2.24, 2.45) is 11.7 Å². The van der Waals surface area contributed by atoms with Gasteiger partial charge in [0.2, 0.25) is 0 Å². The number of hydrogen-bond acceptors (Lipinski definition) is 2.